The SMILES string of the molecule is CCOc1ccc(NC(=O)c2ccc(NC(=O)c3ccco3)cc2)cc1OC. The molecule has 2 aromatic carbocycles. The highest BCUT2D eigenvalue weighted by atomic mass is 16.5. The third kappa shape index (κ3) is 4.50. The zero-order valence-corrected chi connectivity index (χ0v) is 15.5. The second-order valence-electron chi connectivity index (χ2n) is 5.76. The lowest BCUT2D eigenvalue weighted by Crippen LogP contribution is -2.13. The van der Waals surface area contributed by atoms with Crippen molar-refractivity contribution in [2.24, 2.45) is 0 Å². The Balaban J connectivity index is 1.65. The first-order chi connectivity index (χ1) is 13.6. The van der Waals surface area contributed by atoms with Crippen molar-refractivity contribution in [2.45, 2.75) is 6.92 Å². The molecule has 0 aliphatic rings. The average molecular weight is 380 g/mol. The molecule has 2 amide bonds. The Hall–Kier alpha value is -3.74. The van der Waals surface area contributed by atoms with Crippen LogP contribution >= 0.6 is 0 Å². The van der Waals surface area contributed by atoms with Gasteiger partial charge in [-0.3, -0.25) is 9.59 Å². The Bertz CT molecular complexity index is 949. The van der Waals surface area contributed by atoms with Crippen LogP contribution < -0.4 is 20.1 Å². The second-order valence-corrected chi connectivity index (χ2v) is 5.76. The minimum atomic E-state index is -0.358. The van der Waals surface area contributed by atoms with Crippen LogP contribution in [0, 0.1) is 0 Å². The van der Waals surface area contributed by atoms with Crippen LogP contribution in [0.1, 0.15) is 27.8 Å². The van der Waals surface area contributed by atoms with Gasteiger partial charge in [-0.1, -0.05) is 0 Å². The summed E-state index contributed by atoms with van der Waals surface area (Å²) >= 11 is 0. The van der Waals surface area contributed by atoms with Gasteiger partial charge in [0.25, 0.3) is 11.8 Å². The number of carbonyl (C=O) groups excluding carboxylic acids is 2. The lowest BCUT2D eigenvalue weighted by atomic mass is 10.2. The van der Waals surface area contributed by atoms with Crippen LogP contribution in [0.4, 0.5) is 11.4 Å². The molecular formula is C21H20N2O5. The first kappa shape index (κ1) is 19.0. The first-order valence-electron chi connectivity index (χ1n) is 8.68. The molecule has 0 bridgehead atoms. The topological polar surface area (TPSA) is 89.8 Å². The summed E-state index contributed by atoms with van der Waals surface area (Å²) in [5.41, 5.74) is 1.59. The third-order valence-corrected chi connectivity index (χ3v) is 3.87. The van der Waals surface area contributed by atoms with E-state index in [0.29, 0.717) is 35.0 Å². The maximum Gasteiger partial charge on any atom is 0.291 e. The van der Waals surface area contributed by atoms with E-state index < -0.39 is 0 Å². The predicted molar refractivity (Wildman–Crippen MR) is 105 cm³/mol. The fourth-order valence-electron chi connectivity index (χ4n) is 2.53. The number of methoxy groups -OCH3 is 1. The zero-order valence-electron chi connectivity index (χ0n) is 15.5. The van der Waals surface area contributed by atoms with Crippen LogP contribution in [-0.2, 0) is 0 Å². The van der Waals surface area contributed by atoms with Gasteiger partial charge in [0.2, 0.25) is 0 Å². The summed E-state index contributed by atoms with van der Waals surface area (Å²) in [6, 6.07) is 14.9. The summed E-state index contributed by atoms with van der Waals surface area (Å²) in [5, 5.41) is 5.51. The summed E-state index contributed by atoms with van der Waals surface area (Å²) in [4.78, 5) is 24.4. The molecule has 2 N–H and O–H groups in total. The Kier molecular flexibility index (Phi) is 5.96. The molecule has 0 fully saturated rings. The Morgan fingerprint density at radius 1 is 0.929 bits per heavy atom. The molecule has 0 radical (unpaired) electrons. The van der Waals surface area contributed by atoms with E-state index in [1.54, 1.807) is 61.7 Å². The maximum absolute atomic E-state index is 12.5. The third-order valence-electron chi connectivity index (χ3n) is 3.87. The molecule has 7 nitrogen and oxygen atoms in total. The smallest absolute Gasteiger partial charge is 0.291 e. The van der Waals surface area contributed by atoms with Gasteiger partial charge < -0.3 is 24.5 Å². The number of benzene rings is 2. The van der Waals surface area contributed by atoms with Crippen molar-refractivity contribution in [1.82, 2.24) is 0 Å². The van der Waals surface area contributed by atoms with Gasteiger partial charge in [0.1, 0.15) is 0 Å². The lowest BCUT2D eigenvalue weighted by Gasteiger charge is -2.12. The van der Waals surface area contributed by atoms with Crippen molar-refractivity contribution in [2.75, 3.05) is 24.4 Å². The second kappa shape index (κ2) is 8.77. The molecule has 0 aliphatic carbocycles. The molecule has 1 heterocycles. The van der Waals surface area contributed by atoms with E-state index in [2.05, 4.69) is 10.6 Å². The van der Waals surface area contributed by atoms with Crippen molar-refractivity contribution in [1.29, 1.82) is 0 Å². The van der Waals surface area contributed by atoms with Crippen LogP contribution in [0.3, 0.4) is 0 Å². The maximum atomic E-state index is 12.5. The van der Waals surface area contributed by atoms with Gasteiger partial charge in [0.05, 0.1) is 20.0 Å². The van der Waals surface area contributed by atoms with E-state index in [0.717, 1.165) is 0 Å². The molecule has 0 saturated carbocycles. The van der Waals surface area contributed by atoms with Crippen LogP contribution in [0.25, 0.3) is 0 Å². The summed E-state index contributed by atoms with van der Waals surface area (Å²) < 4.78 is 15.8. The highest BCUT2D eigenvalue weighted by Crippen LogP contribution is 2.30. The van der Waals surface area contributed by atoms with Crippen molar-refractivity contribution in [3.05, 3.63) is 72.2 Å². The van der Waals surface area contributed by atoms with E-state index >= 15 is 0 Å². The van der Waals surface area contributed by atoms with Crippen LogP contribution in [0.15, 0.2) is 65.3 Å². The van der Waals surface area contributed by atoms with Gasteiger partial charge in [0, 0.05) is 23.0 Å². The number of ether oxygens (including phenoxy) is 2. The first-order valence-corrected chi connectivity index (χ1v) is 8.68. The molecule has 1 aromatic heterocycles. The highest BCUT2D eigenvalue weighted by Gasteiger charge is 2.11. The average Bonchev–Trinajstić information content (AvgIpc) is 3.25. The van der Waals surface area contributed by atoms with Crippen molar-refractivity contribution >= 4 is 23.2 Å². The quantitative estimate of drug-likeness (QED) is 0.641. The van der Waals surface area contributed by atoms with Crippen LogP contribution in [-0.4, -0.2) is 25.5 Å². The standard InChI is InChI=1S/C21H20N2O5/c1-3-27-17-11-10-16(13-19(17)26-2)23-20(24)14-6-8-15(9-7-14)22-21(25)18-5-4-12-28-18/h4-13H,3H2,1-2H3,(H,22,25)(H,23,24). The number of anilines is 2. The molecule has 3 rings (SSSR count). The fourth-order valence-corrected chi connectivity index (χ4v) is 2.53. The Labute approximate surface area is 162 Å². The van der Waals surface area contributed by atoms with Crippen molar-refractivity contribution in [3.63, 3.8) is 0 Å². The fraction of sp³-hybridized carbons (Fsp3) is 0.143. The molecule has 28 heavy (non-hydrogen) atoms. The molecule has 0 saturated heterocycles. The van der Waals surface area contributed by atoms with Crippen molar-refractivity contribution in [3.8, 4) is 11.5 Å². The van der Waals surface area contributed by atoms with E-state index in [1.165, 1.54) is 6.26 Å². The van der Waals surface area contributed by atoms with E-state index in [-0.39, 0.29) is 17.6 Å². The molecule has 0 unspecified atom stereocenters. The van der Waals surface area contributed by atoms with Crippen LogP contribution in [0.2, 0.25) is 0 Å². The largest absolute Gasteiger partial charge is 0.493 e. The van der Waals surface area contributed by atoms with E-state index in [1.807, 2.05) is 6.92 Å². The lowest BCUT2D eigenvalue weighted by molar-refractivity contribution is 0.0995. The van der Waals surface area contributed by atoms with Gasteiger partial charge in [-0.25, -0.2) is 0 Å². The van der Waals surface area contributed by atoms with E-state index in [9.17, 15) is 9.59 Å². The number of carbonyl (C=O) groups is 2. The normalized spacial score (nSPS) is 10.2. The number of hydrogen-bond acceptors (Lipinski definition) is 5. The van der Waals surface area contributed by atoms with Gasteiger partial charge in [-0.2, -0.15) is 0 Å². The molecule has 3 aromatic rings. The van der Waals surface area contributed by atoms with Gasteiger partial charge in [-0.05, 0) is 55.5 Å². The Morgan fingerprint density at radius 3 is 2.29 bits per heavy atom. The van der Waals surface area contributed by atoms with Crippen LogP contribution in [0.5, 0.6) is 11.5 Å². The molecule has 0 spiro atoms. The molecular weight excluding hydrogens is 360 g/mol. The number of rotatable bonds is 7. The minimum absolute atomic E-state index is 0.214. The predicted octanol–water partition coefficient (Wildman–Crippen LogP) is 4.19. The van der Waals surface area contributed by atoms with Gasteiger partial charge in [-0.15, -0.1) is 0 Å². The summed E-state index contributed by atoms with van der Waals surface area (Å²) in [6.07, 6.45) is 1.43. The van der Waals surface area contributed by atoms with Gasteiger partial charge >= 0.3 is 0 Å². The molecule has 7 heteroatoms. The number of amides is 2. The molecule has 0 atom stereocenters. The summed E-state index contributed by atoms with van der Waals surface area (Å²) in [6.45, 7) is 2.40. The summed E-state index contributed by atoms with van der Waals surface area (Å²) in [5.74, 6) is 0.723. The van der Waals surface area contributed by atoms with Crippen molar-refractivity contribution < 1.29 is 23.5 Å². The van der Waals surface area contributed by atoms with E-state index in [4.69, 9.17) is 13.9 Å². The molecule has 0 aliphatic heterocycles. The monoisotopic (exact) mass is 380 g/mol. The Morgan fingerprint density at radius 2 is 1.64 bits per heavy atom. The number of hydrogen-bond donors (Lipinski definition) is 2. The summed E-state index contributed by atoms with van der Waals surface area (Å²) in [7, 11) is 1.54. The number of nitrogens with one attached hydrogen (secondary N) is 2. The van der Waals surface area contributed by atoms with Gasteiger partial charge in [0.15, 0.2) is 17.3 Å². The minimum Gasteiger partial charge on any atom is -0.493 e. The number of furan rings is 1. The highest BCUT2D eigenvalue weighted by molar-refractivity contribution is 6.05. The molecule has 144 valence electrons. The zero-order chi connectivity index (χ0) is 19.9.